The van der Waals surface area contributed by atoms with E-state index in [1.54, 1.807) is 10.9 Å². The van der Waals surface area contributed by atoms with Gasteiger partial charge in [0.05, 0.1) is 17.5 Å². The molecule has 1 fully saturated rings. The van der Waals surface area contributed by atoms with E-state index in [0.29, 0.717) is 50.1 Å². The molecule has 1 aliphatic rings. The number of nitrogens with zero attached hydrogens (tertiary/aromatic N) is 7. The SMILES string of the molecule is Cn1cc(-c2c[nH]c(C(=NC=N)N3CCN(c4ncc([C@@](C)(O)c5c(F)cc(F)cc5F)cn4)CC3)c2)cn1. The fourth-order valence-electron chi connectivity index (χ4n) is 4.65. The first-order chi connectivity index (χ1) is 18.7. The summed E-state index contributed by atoms with van der Waals surface area (Å²) < 4.78 is 43.7. The summed E-state index contributed by atoms with van der Waals surface area (Å²) >= 11 is 0. The molecule has 0 spiro atoms. The number of aliphatic imine (C=N–C) groups is 1. The maximum atomic E-state index is 14.3. The zero-order valence-electron chi connectivity index (χ0n) is 21.2. The summed E-state index contributed by atoms with van der Waals surface area (Å²) in [7, 11) is 1.85. The van der Waals surface area contributed by atoms with Crippen molar-refractivity contribution in [1.29, 1.82) is 5.41 Å². The number of hydrogen-bond acceptors (Lipinski definition) is 6. The van der Waals surface area contributed by atoms with Crippen molar-refractivity contribution in [3.8, 4) is 11.1 Å². The first-order valence-electron chi connectivity index (χ1n) is 12.1. The summed E-state index contributed by atoms with van der Waals surface area (Å²) in [6.07, 6.45) is 9.17. The van der Waals surface area contributed by atoms with Crippen LogP contribution in [0.1, 0.15) is 23.7 Å². The van der Waals surface area contributed by atoms with Crippen LogP contribution in [0.5, 0.6) is 0 Å². The lowest BCUT2D eigenvalue weighted by atomic mass is 9.89. The summed E-state index contributed by atoms with van der Waals surface area (Å²) in [5.41, 5.74) is -0.0348. The highest BCUT2D eigenvalue weighted by atomic mass is 19.1. The Morgan fingerprint density at radius 3 is 2.31 bits per heavy atom. The zero-order valence-corrected chi connectivity index (χ0v) is 21.2. The third kappa shape index (κ3) is 5.12. The average Bonchev–Trinajstić information content (AvgIpc) is 3.56. The molecule has 0 amide bonds. The second-order valence-electron chi connectivity index (χ2n) is 9.35. The maximum absolute atomic E-state index is 14.3. The molecular formula is C26H26F3N9O. The molecule has 3 N–H and O–H groups in total. The van der Waals surface area contributed by atoms with E-state index in [9.17, 15) is 18.3 Å². The molecule has 1 atom stereocenters. The van der Waals surface area contributed by atoms with Crippen molar-refractivity contribution in [3.63, 3.8) is 0 Å². The van der Waals surface area contributed by atoms with Crippen LogP contribution in [0, 0.1) is 22.9 Å². The van der Waals surface area contributed by atoms with E-state index < -0.39 is 28.6 Å². The number of amidine groups is 1. The number of hydrogen-bond donors (Lipinski definition) is 3. The van der Waals surface area contributed by atoms with Gasteiger partial charge in [-0.3, -0.25) is 10.1 Å². The van der Waals surface area contributed by atoms with Gasteiger partial charge in [0.2, 0.25) is 5.95 Å². The van der Waals surface area contributed by atoms with Crippen molar-refractivity contribution in [2.75, 3.05) is 31.1 Å². The summed E-state index contributed by atoms with van der Waals surface area (Å²) in [6, 6.07) is 3.00. The Bertz CT molecular complexity index is 1500. The van der Waals surface area contributed by atoms with Crippen LogP contribution >= 0.6 is 0 Å². The van der Waals surface area contributed by atoms with Gasteiger partial charge in [-0.05, 0) is 13.0 Å². The van der Waals surface area contributed by atoms with E-state index in [-0.39, 0.29) is 5.56 Å². The van der Waals surface area contributed by atoms with Crippen molar-refractivity contribution in [2.45, 2.75) is 12.5 Å². The third-order valence-electron chi connectivity index (χ3n) is 6.71. The number of aryl methyl sites for hydroxylation is 1. The van der Waals surface area contributed by atoms with Crippen LogP contribution in [0.25, 0.3) is 11.1 Å². The van der Waals surface area contributed by atoms with Gasteiger partial charge in [-0.15, -0.1) is 0 Å². The number of aromatic nitrogens is 5. The monoisotopic (exact) mass is 537 g/mol. The van der Waals surface area contributed by atoms with Gasteiger partial charge in [0.15, 0.2) is 5.84 Å². The molecule has 1 aromatic carbocycles. The predicted octanol–water partition coefficient (Wildman–Crippen LogP) is 3.05. The van der Waals surface area contributed by atoms with Gasteiger partial charge in [-0.2, -0.15) is 5.10 Å². The van der Waals surface area contributed by atoms with Crippen LogP contribution < -0.4 is 4.90 Å². The van der Waals surface area contributed by atoms with Crippen molar-refractivity contribution < 1.29 is 18.3 Å². The van der Waals surface area contributed by atoms with Crippen LogP contribution in [0.15, 0.2) is 54.2 Å². The lowest BCUT2D eigenvalue weighted by molar-refractivity contribution is 0.0924. The Balaban J connectivity index is 1.28. The van der Waals surface area contributed by atoms with E-state index in [1.807, 2.05) is 30.4 Å². The fraction of sp³-hybridized carbons (Fsp3) is 0.269. The average molecular weight is 538 g/mol. The molecular weight excluding hydrogens is 511 g/mol. The smallest absolute Gasteiger partial charge is 0.225 e. The van der Waals surface area contributed by atoms with Crippen molar-refractivity contribution in [1.82, 2.24) is 29.6 Å². The van der Waals surface area contributed by atoms with E-state index in [1.165, 1.54) is 19.3 Å². The number of benzene rings is 1. The van der Waals surface area contributed by atoms with Crippen LogP contribution in [0.4, 0.5) is 19.1 Å². The molecule has 13 heteroatoms. The first-order valence-corrected chi connectivity index (χ1v) is 12.1. The Morgan fingerprint density at radius 2 is 1.72 bits per heavy atom. The molecule has 0 aliphatic carbocycles. The number of rotatable bonds is 6. The van der Waals surface area contributed by atoms with E-state index >= 15 is 0 Å². The molecule has 1 aliphatic heterocycles. The van der Waals surface area contributed by atoms with E-state index in [2.05, 4.69) is 29.9 Å². The molecule has 202 valence electrons. The molecule has 0 saturated carbocycles. The van der Waals surface area contributed by atoms with Crippen molar-refractivity contribution >= 4 is 18.1 Å². The molecule has 4 aromatic rings. The third-order valence-corrected chi connectivity index (χ3v) is 6.71. The number of piperazine rings is 1. The summed E-state index contributed by atoms with van der Waals surface area (Å²) in [5, 5.41) is 22.6. The lowest BCUT2D eigenvalue weighted by Gasteiger charge is -2.36. The van der Waals surface area contributed by atoms with Gasteiger partial charge in [0.25, 0.3) is 0 Å². The van der Waals surface area contributed by atoms with Crippen LogP contribution in [0.3, 0.4) is 0 Å². The van der Waals surface area contributed by atoms with Gasteiger partial charge < -0.3 is 19.9 Å². The quantitative estimate of drug-likeness (QED) is 0.257. The highest BCUT2D eigenvalue weighted by molar-refractivity contribution is 6.01. The summed E-state index contributed by atoms with van der Waals surface area (Å²) in [4.78, 5) is 20.1. The minimum absolute atomic E-state index is 0.0610. The molecule has 10 nitrogen and oxygen atoms in total. The molecule has 3 aromatic heterocycles. The van der Waals surface area contributed by atoms with Crippen LogP contribution in [-0.2, 0) is 12.6 Å². The van der Waals surface area contributed by atoms with Gasteiger partial charge in [-0.1, -0.05) is 0 Å². The topological polar surface area (TPSA) is 122 Å². The summed E-state index contributed by atoms with van der Waals surface area (Å²) in [5.74, 6) is -2.45. The van der Waals surface area contributed by atoms with Crippen molar-refractivity contribution in [3.05, 3.63) is 83.5 Å². The van der Waals surface area contributed by atoms with Gasteiger partial charge in [0, 0.05) is 86.8 Å². The molecule has 0 radical (unpaired) electrons. The first kappa shape index (κ1) is 26.1. The Kier molecular flexibility index (Phi) is 6.91. The molecule has 0 unspecified atom stereocenters. The number of anilines is 1. The van der Waals surface area contributed by atoms with Crippen LogP contribution in [-0.4, -0.2) is 73.1 Å². The van der Waals surface area contributed by atoms with E-state index in [4.69, 9.17) is 5.41 Å². The standard InChI is InChI=1S/C26H26F3N9O/c1-26(39,23-20(28)8-19(27)9-21(23)29)18-12-32-25(33-13-18)38-5-3-37(4-6-38)24(34-15-30)22-7-16(10-31-22)17-11-35-36(2)14-17/h7-15,30-31,39H,3-6H2,1-2H3/t26-/m1/s1. The predicted molar refractivity (Wildman–Crippen MR) is 139 cm³/mol. The second kappa shape index (κ2) is 10.3. The van der Waals surface area contributed by atoms with E-state index in [0.717, 1.165) is 23.2 Å². The largest absolute Gasteiger partial charge is 0.380 e. The maximum Gasteiger partial charge on any atom is 0.225 e. The Labute approximate surface area is 222 Å². The Hall–Kier alpha value is -4.52. The number of halogens is 3. The fourth-order valence-corrected chi connectivity index (χ4v) is 4.65. The van der Waals surface area contributed by atoms with Gasteiger partial charge in [0.1, 0.15) is 29.4 Å². The molecule has 5 rings (SSSR count). The minimum atomic E-state index is -2.11. The lowest BCUT2D eigenvalue weighted by Crippen LogP contribution is -2.49. The molecule has 0 bridgehead atoms. The van der Waals surface area contributed by atoms with Crippen LogP contribution in [0.2, 0.25) is 0 Å². The highest BCUT2D eigenvalue weighted by Crippen LogP contribution is 2.33. The minimum Gasteiger partial charge on any atom is -0.380 e. The van der Waals surface area contributed by atoms with Gasteiger partial charge >= 0.3 is 0 Å². The zero-order chi connectivity index (χ0) is 27.7. The second-order valence-corrected chi connectivity index (χ2v) is 9.35. The van der Waals surface area contributed by atoms with Crippen molar-refractivity contribution in [2.24, 2.45) is 12.0 Å². The number of nitrogens with one attached hydrogen (secondary N) is 2. The summed E-state index contributed by atoms with van der Waals surface area (Å²) in [6.45, 7) is 3.44. The number of aliphatic hydroxyl groups is 1. The molecule has 4 heterocycles. The normalized spacial score (nSPS) is 15.9. The molecule has 39 heavy (non-hydrogen) atoms. The molecule has 1 saturated heterocycles. The van der Waals surface area contributed by atoms with Gasteiger partial charge in [-0.25, -0.2) is 28.1 Å². The highest BCUT2D eigenvalue weighted by Gasteiger charge is 2.34. The number of aromatic amines is 1. The Morgan fingerprint density at radius 1 is 1.05 bits per heavy atom. The number of H-pyrrole nitrogens is 1.